The van der Waals surface area contributed by atoms with Crippen LogP contribution in [0.15, 0.2) is 251 Å². The first kappa shape index (κ1) is 41.6. The molecule has 0 saturated carbocycles. The Morgan fingerprint density at radius 3 is 1.69 bits per heavy atom. The largest absolute Gasteiger partial charge is 0.233 e. The maximum Gasteiger partial charge on any atom is 0.160 e. The third kappa shape index (κ3) is 8.29. The quantitative estimate of drug-likeness (QED) is 0.0745. The number of amidine groups is 1. The molecule has 0 bridgehead atoms. The van der Waals surface area contributed by atoms with E-state index in [0.29, 0.717) is 11.8 Å². The van der Waals surface area contributed by atoms with Gasteiger partial charge in [0.25, 0.3) is 0 Å². The molecule has 3 aliphatic carbocycles. The van der Waals surface area contributed by atoms with E-state index in [1.807, 2.05) is 0 Å². The fourth-order valence-corrected chi connectivity index (χ4v) is 10.2. The first-order valence-electron chi connectivity index (χ1n) is 23.2. The Labute approximate surface area is 385 Å². The normalized spacial score (nSPS) is 16.5. The van der Waals surface area contributed by atoms with Gasteiger partial charge in [-0.25, -0.2) is 9.98 Å². The van der Waals surface area contributed by atoms with Crippen LogP contribution >= 0.6 is 0 Å². The zero-order chi connectivity index (χ0) is 44.0. The minimum absolute atomic E-state index is 0.373. The molecule has 0 radical (unpaired) electrons. The van der Waals surface area contributed by atoms with Crippen molar-refractivity contribution >= 4 is 17.1 Å². The summed E-state index contributed by atoms with van der Waals surface area (Å²) in [6.45, 7) is 4.16. The summed E-state index contributed by atoms with van der Waals surface area (Å²) in [6.07, 6.45) is 18.9. The molecule has 1 atom stereocenters. The molecular weight excluding hydrogens is 785 g/mol. The average Bonchev–Trinajstić information content (AvgIpc) is 3.39. The minimum Gasteiger partial charge on any atom is -0.233 e. The van der Waals surface area contributed by atoms with Gasteiger partial charge in [-0.15, -0.1) is 0 Å². The van der Waals surface area contributed by atoms with Crippen molar-refractivity contribution in [2.75, 3.05) is 0 Å². The number of fused-ring (bicyclic) bond motifs is 2. The van der Waals surface area contributed by atoms with E-state index in [4.69, 9.17) is 9.98 Å². The Morgan fingerprint density at radius 1 is 0.538 bits per heavy atom. The fraction of sp³-hybridized carbons (Fsp3) is 0.143. The van der Waals surface area contributed by atoms with Crippen molar-refractivity contribution in [2.24, 2.45) is 9.98 Å². The van der Waals surface area contributed by atoms with Crippen LogP contribution < -0.4 is 0 Å². The summed E-state index contributed by atoms with van der Waals surface area (Å²) < 4.78 is 0. The predicted octanol–water partition coefficient (Wildman–Crippen LogP) is 15.8. The van der Waals surface area contributed by atoms with Crippen LogP contribution in [0.5, 0.6) is 0 Å². The van der Waals surface area contributed by atoms with E-state index in [1.54, 1.807) is 5.57 Å². The highest BCUT2D eigenvalue weighted by molar-refractivity contribution is 6.12. The number of aliphatic imine (C=N–C) groups is 2. The van der Waals surface area contributed by atoms with Crippen molar-refractivity contribution < 1.29 is 0 Å². The van der Waals surface area contributed by atoms with E-state index in [9.17, 15) is 0 Å². The first-order valence-corrected chi connectivity index (χ1v) is 23.2. The van der Waals surface area contributed by atoms with Crippen LogP contribution in [-0.4, -0.2) is 11.5 Å². The van der Waals surface area contributed by atoms with Gasteiger partial charge in [0.15, 0.2) is 5.84 Å². The van der Waals surface area contributed by atoms with Gasteiger partial charge in [0, 0.05) is 17.2 Å². The molecule has 7 aromatic rings. The molecule has 0 aromatic heterocycles. The first-order chi connectivity index (χ1) is 32.1. The smallest absolute Gasteiger partial charge is 0.160 e. The molecule has 7 aromatic carbocycles. The summed E-state index contributed by atoms with van der Waals surface area (Å²) in [4.78, 5) is 10.7. The molecule has 0 fully saturated rings. The van der Waals surface area contributed by atoms with E-state index in [-0.39, 0.29) is 0 Å². The highest BCUT2D eigenvalue weighted by Crippen LogP contribution is 2.47. The Hall–Kier alpha value is -7.42. The van der Waals surface area contributed by atoms with Gasteiger partial charge in [-0.05, 0) is 113 Å². The molecule has 2 nitrogen and oxygen atoms in total. The Bertz CT molecular complexity index is 2920. The lowest BCUT2D eigenvalue weighted by atomic mass is 9.65. The maximum atomic E-state index is 5.35. The van der Waals surface area contributed by atoms with Crippen molar-refractivity contribution in [2.45, 2.75) is 57.3 Å². The van der Waals surface area contributed by atoms with Crippen LogP contribution in [0, 0.1) is 0 Å². The summed E-state index contributed by atoms with van der Waals surface area (Å²) in [5.41, 5.74) is 19.0. The molecule has 0 amide bonds. The van der Waals surface area contributed by atoms with Crippen LogP contribution in [0.3, 0.4) is 0 Å². The molecule has 2 heteroatoms. The highest BCUT2D eigenvalue weighted by Gasteiger charge is 2.38. The number of nitrogens with zero attached hydrogens (tertiary/aromatic N) is 2. The van der Waals surface area contributed by atoms with Crippen molar-refractivity contribution in [1.82, 2.24) is 0 Å². The lowest BCUT2D eigenvalue weighted by molar-refractivity contribution is 0.738. The summed E-state index contributed by atoms with van der Waals surface area (Å²) in [5, 5.41) is 0. The van der Waals surface area contributed by atoms with Crippen LogP contribution in [0.1, 0.15) is 102 Å². The SMILES string of the molecule is C/C=C(\N=C(N=C(C)c1ccc(C(c2ccccc2)(c2ccccc2)c2ccccc2)cc1)c1ccc(-c2ccc(C3CC4=C(C=CCC4)c4ccccc43)cc2)cc1)C1=CCCC=C1. The number of benzene rings is 7. The average molecular weight is 839 g/mol. The highest BCUT2D eigenvalue weighted by atomic mass is 14.9. The van der Waals surface area contributed by atoms with Crippen molar-refractivity contribution in [3.63, 3.8) is 0 Å². The van der Waals surface area contributed by atoms with Gasteiger partial charge in [0.2, 0.25) is 0 Å². The van der Waals surface area contributed by atoms with Gasteiger partial charge in [0.1, 0.15) is 0 Å². The minimum atomic E-state index is -0.514. The molecular formula is C63H54N2. The maximum absolute atomic E-state index is 5.35. The lowest BCUT2D eigenvalue weighted by Gasteiger charge is -2.37. The van der Waals surface area contributed by atoms with E-state index in [0.717, 1.165) is 60.2 Å². The molecule has 316 valence electrons. The summed E-state index contributed by atoms with van der Waals surface area (Å²) >= 11 is 0. The lowest BCUT2D eigenvalue weighted by Crippen LogP contribution is -2.31. The van der Waals surface area contributed by atoms with Gasteiger partial charge in [-0.2, -0.15) is 0 Å². The molecule has 0 aliphatic heterocycles. The van der Waals surface area contributed by atoms with Gasteiger partial charge >= 0.3 is 0 Å². The topological polar surface area (TPSA) is 24.7 Å². The summed E-state index contributed by atoms with van der Waals surface area (Å²) in [7, 11) is 0. The Morgan fingerprint density at radius 2 is 1.09 bits per heavy atom. The van der Waals surface area contributed by atoms with Crippen LogP contribution in [0.2, 0.25) is 0 Å². The Kier molecular flexibility index (Phi) is 12.0. The number of hydrogen-bond donors (Lipinski definition) is 0. The molecule has 0 heterocycles. The molecule has 10 rings (SSSR count). The second kappa shape index (κ2) is 18.7. The Balaban J connectivity index is 0.980. The molecule has 65 heavy (non-hydrogen) atoms. The second-order valence-electron chi connectivity index (χ2n) is 17.4. The predicted molar refractivity (Wildman–Crippen MR) is 274 cm³/mol. The van der Waals surface area contributed by atoms with Gasteiger partial charge in [-0.1, -0.05) is 230 Å². The van der Waals surface area contributed by atoms with Crippen molar-refractivity contribution in [3.8, 4) is 11.1 Å². The molecule has 1 unspecified atom stereocenters. The van der Waals surface area contributed by atoms with Crippen LogP contribution in [0.4, 0.5) is 0 Å². The zero-order valence-electron chi connectivity index (χ0n) is 37.4. The van der Waals surface area contributed by atoms with Gasteiger partial charge in [0.05, 0.1) is 11.1 Å². The summed E-state index contributed by atoms with van der Waals surface area (Å²) in [5.74, 6) is 1.06. The van der Waals surface area contributed by atoms with Crippen molar-refractivity contribution in [3.05, 3.63) is 291 Å². The number of rotatable bonds is 10. The van der Waals surface area contributed by atoms with E-state index in [1.165, 1.54) is 55.6 Å². The van der Waals surface area contributed by atoms with E-state index < -0.39 is 5.41 Å². The molecule has 0 saturated heterocycles. The number of allylic oxidation sites excluding steroid dienone is 8. The monoisotopic (exact) mass is 838 g/mol. The van der Waals surface area contributed by atoms with Gasteiger partial charge in [-0.3, -0.25) is 0 Å². The van der Waals surface area contributed by atoms with E-state index in [2.05, 4.69) is 238 Å². The third-order valence-electron chi connectivity index (χ3n) is 13.6. The van der Waals surface area contributed by atoms with Crippen LogP contribution in [0.25, 0.3) is 16.7 Å². The molecule has 0 N–H and O–H groups in total. The number of hydrogen-bond acceptors (Lipinski definition) is 1. The third-order valence-corrected chi connectivity index (χ3v) is 13.6. The van der Waals surface area contributed by atoms with Crippen molar-refractivity contribution in [1.29, 1.82) is 0 Å². The molecule has 3 aliphatic rings. The second-order valence-corrected chi connectivity index (χ2v) is 17.4. The van der Waals surface area contributed by atoms with E-state index >= 15 is 0 Å². The standard InChI is InChI=1S/C63H54N2/c1-3-61(50-20-8-4-9-21-50)65-62(51-38-34-48(35-39-51)47-32-36-49(37-33-47)60-44-52-22-16-17-29-57(52)58-30-18-19-31-59(58)60)64-45(2)46-40-42-56(43-41-46)63(53-23-10-5-11-24-53,54-25-12-6-13-26-54)55-27-14-7-15-28-55/h3,5-8,10-15,17-21,23-43,60H,4,9,16,22,44H2,1-2H3/b61-3-,64-45?,65-62?. The van der Waals surface area contributed by atoms with Gasteiger partial charge < -0.3 is 0 Å². The molecule has 0 spiro atoms. The zero-order valence-corrected chi connectivity index (χ0v) is 37.4. The summed E-state index contributed by atoms with van der Waals surface area (Å²) in [6, 6.07) is 68.7. The van der Waals surface area contributed by atoms with Crippen LogP contribution in [-0.2, 0) is 5.41 Å². The fourth-order valence-electron chi connectivity index (χ4n) is 10.2.